The first-order chi connectivity index (χ1) is 14.5. The largest absolute Gasteiger partial charge is 0.496 e. The van der Waals surface area contributed by atoms with Crippen molar-refractivity contribution in [3.05, 3.63) is 29.3 Å². The molecule has 0 spiro atoms. The third-order valence-corrected chi connectivity index (χ3v) is 6.49. The number of methoxy groups -OCH3 is 1. The van der Waals surface area contributed by atoms with Crippen LogP contribution in [0.2, 0.25) is 0 Å². The van der Waals surface area contributed by atoms with Crippen LogP contribution in [-0.2, 0) is 11.3 Å². The van der Waals surface area contributed by atoms with Gasteiger partial charge in [-0.1, -0.05) is 44.2 Å². The fourth-order valence-electron chi connectivity index (χ4n) is 4.85. The van der Waals surface area contributed by atoms with Gasteiger partial charge in [0.1, 0.15) is 11.6 Å². The first kappa shape index (κ1) is 22.6. The van der Waals surface area contributed by atoms with Gasteiger partial charge in [0, 0.05) is 24.2 Å². The lowest BCUT2D eigenvalue weighted by molar-refractivity contribution is -0.126. The quantitative estimate of drug-likeness (QED) is 0.365. The van der Waals surface area contributed by atoms with E-state index in [0.717, 1.165) is 31.4 Å². The molecule has 2 fully saturated rings. The highest BCUT2D eigenvalue weighted by Crippen LogP contribution is 2.28. The first-order valence-corrected chi connectivity index (χ1v) is 11.2. The number of amidine groups is 1. The molecule has 7 nitrogen and oxygen atoms in total. The third kappa shape index (κ3) is 5.95. The Bertz CT molecular complexity index is 733. The van der Waals surface area contributed by atoms with Crippen LogP contribution in [0.25, 0.3) is 0 Å². The topological polar surface area (TPSA) is 112 Å². The normalized spacial score (nSPS) is 21.3. The minimum Gasteiger partial charge on any atom is -0.496 e. The monoisotopic (exact) mass is 416 g/mol. The predicted octanol–water partition coefficient (Wildman–Crippen LogP) is 2.39. The average molecular weight is 417 g/mol. The molecule has 3 rings (SSSR count). The molecular formula is C23H36N4O3. The number of nitrogens with one attached hydrogen (secondary N) is 2. The summed E-state index contributed by atoms with van der Waals surface area (Å²) in [4.78, 5) is 15.0. The maximum absolute atomic E-state index is 12.8. The molecule has 0 radical (unpaired) electrons. The minimum atomic E-state index is -0.360. The Hall–Kier alpha value is -2.12. The number of benzene rings is 1. The molecule has 1 saturated carbocycles. The van der Waals surface area contributed by atoms with E-state index in [1.807, 2.05) is 6.07 Å². The van der Waals surface area contributed by atoms with Crippen LogP contribution in [0.1, 0.15) is 62.5 Å². The molecule has 0 aromatic heterocycles. The van der Waals surface area contributed by atoms with Crippen LogP contribution in [0.3, 0.4) is 0 Å². The molecule has 1 aromatic rings. The van der Waals surface area contributed by atoms with E-state index in [-0.39, 0.29) is 23.9 Å². The van der Waals surface area contributed by atoms with E-state index in [1.54, 1.807) is 19.2 Å². The number of β-amino-alcohol motifs (C(OH)–C–C–N with tert-alkyl or cyclic N) is 1. The number of likely N-dealkylation sites (tertiary alicyclic amines) is 1. The van der Waals surface area contributed by atoms with E-state index in [9.17, 15) is 9.90 Å². The van der Waals surface area contributed by atoms with Gasteiger partial charge in [-0.25, -0.2) is 0 Å². The fraction of sp³-hybridized carbons (Fsp3) is 0.652. The van der Waals surface area contributed by atoms with Gasteiger partial charge in [0.25, 0.3) is 0 Å². The number of aliphatic hydroxyl groups is 1. The number of amides is 1. The van der Waals surface area contributed by atoms with Crippen LogP contribution < -0.4 is 15.8 Å². The van der Waals surface area contributed by atoms with Gasteiger partial charge < -0.3 is 20.9 Å². The van der Waals surface area contributed by atoms with Gasteiger partial charge in [0.05, 0.1) is 19.3 Å². The second-order valence-electron chi connectivity index (χ2n) is 8.70. The van der Waals surface area contributed by atoms with Crippen molar-refractivity contribution in [3.63, 3.8) is 0 Å². The summed E-state index contributed by atoms with van der Waals surface area (Å²) in [5, 5.41) is 21.2. The summed E-state index contributed by atoms with van der Waals surface area (Å²) >= 11 is 0. The molecule has 2 atom stereocenters. The summed E-state index contributed by atoms with van der Waals surface area (Å²) in [5.41, 5.74) is 6.98. The number of hydrogen-bond acceptors (Lipinski definition) is 5. The van der Waals surface area contributed by atoms with Gasteiger partial charge in [0.15, 0.2) is 0 Å². The highest BCUT2D eigenvalue weighted by Gasteiger charge is 2.32. The van der Waals surface area contributed by atoms with E-state index >= 15 is 0 Å². The maximum Gasteiger partial charge on any atom is 0.237 e. The Balaban J connectivity index is 1.52. The van der Waals surface area contributed by atoms with Crippen LogP contribution >= 0.6 is 0 Å². The zero-order valence-electron chi connectivity index (χ0n) is 18.0. The van der Waals surface area contributed by atoms with Crippen molar-refractivity contribution < 1.29 is 14.6 Å². The van der Waals surface area contributed by atoms with Crippen molar-refractivity contribution in [1.82, 2.24) is 10.2 Å². The minimum absolute atomic E-state index is 0.00457. The molecule has 2 aliphatic rings. The molecule has 1 amide bonds. The number of hydrogen-bond donors (Lipinski definition) is 4. The van der Waals surface area contributed by atoms with Crippen molar-refractivity contribution in [1.29, 1.82) is 5.41 Å². The summed E-state index contributed by atoms with van der Waals surface area (Å²) in [6.07, 6.45) is 8.63. The Labute approximate surface area is 179 Å². The number of nitrogens with zero attached hydrogens (tertiary/aromatic N) is 1. The summed E-state index contributed by atoms with van der Waals surface area (Å²) in [6, 6.07) is 5.12. The smallest absolute Gasteiger partial charge is 0.237 e. The van der Waals surface area contributed by atoms with E-state index in [0.29, 0.717) is 30.3 Å². The second-order valence-corrected chi connectivity index (χ2v) is 8.70. The highest BCUT2D eigenvalue weighted by molar-refractivity contribution is 5.95. The molecule has 5 N–H and O–H groups in total. The van der Waals surface area contributed by atoms with Gasteiger partial charge in [0.2, 0.25) is 5.91 Å². The van der Waals surface area contributed by atoms with Crippen LogP contribution in [0.4, 0.5) is 0 Å². The third-order valence-electron chi connectivity index (χ3n) is 6.49. The lowest BCUT2D eigenvalue weighted by Crippen LogP contribution is -2.46. The molecule has 1 aromatic carbocycles. The molecule has 30 heavy (non-hydrogen) atoms. The second kappa shape index (κ2) is 10.8. The molecule has 1 unspecified atom stereocenters. The molecular weight excluding hydrogens is 380 g/mol. The summed E-state index contributed by atoms with van der Waals surface area (Å²) in [7, 11) is 1.57. The number of rotatable bonds is 9. The van der Waals surface area contributed by atoms with Crippen LogP contribution in [0.15, 0.2) is 18.2 Å². The van der Waals surface area contributed by atoms with Gasteiger partial charge in [-0.15, -0.1) is 0 Å². The van der Waals surface area contributed by atoms with Crippen LogP contribution in [0, 0.1) is 11.3 Å². The SMILES string of the molecule is COc1cc(C(=N)N)ccc1CNC(=O)[C@@H]1CCCN1CC(O)CC1CCCCC1. The summed E-state index contributed by atoms with van der Waals surface area (Å²) in [5.74, 6) is 1.22. The summed E-state index contributed by atoms with van der Waals surface area (Å²) < 4.78 is 5.39. The number of aliphatic hydroxyl groups excluding tert-OH is 1. The molecule has 1 aliphatic carbocycles. The zero-order chi connectivity index (χ0) is 21.5. The number of nitrogens with two attached hydrogens (primary N) is 1. The predicted molar refractivity (Wildman–Crippen MR) is 118 cm³/mol. The summed E-state index contributed by atoms with van der Waals surface area (Å²) in [6.45, 7) is 1.79. The lowest BCUT2D eigenvalue weighted by Gasteiger charge is -2.29. The van der Waals surface area contributed by atoms with Crippen molar-refractivity contribution in [3.8, 4) is 5.75 Å². The molecule has 1 heterocycles. The van der Waals surface area contributed by atoms with E-state index in [4.69, 9.17) is 15.9 Å². The Morgan fingerprint density at radius 2 is 2.07 bits per heavy atom. The van der Waals surface area contributed by atoms with E-state index in [2.05, 4.69) is 10.2 Å². The van der Waals surface area contributed by atoms with E-state index in [1.165, 1.54) is 32.1 Å². The maximum atomic E-state index is 12.8. The molecule has 166 valence electrons. The molecule has 7 heteroatoms. The van der Waals surface area contributed by atoms with E-state index < -0.39 is 0 Å². The first-order valence-electron chi connectivity index (χ1n) is 11.2. The van der Waals surface area contributed by atoms with Crippen LogP contribution in [0.5, 0.6) is 5.75 Å². The van der Waals surface area contributed by atoms with Crippen molar-refractivity contribution in [2.75, 3.05) is 20.2 Å². The van der Waals surface area contributed by atoms with Crippen molar-refractivity contribution in [2.45, 2.75) is 70.1 Å². The number of nitrogen functional groups attached to an aromatic ring is 1. The van der Waals surface area contributed by atoms with Gasteiger partial charge in [-0.2, -0.15) is 0 Å². The highest BCUT2D eigenvalue weighted by atomic mass is 16.5. The Morgan fingerprint density at radius 3 is 2.77 bits per heavy atom. The van der Waals surface area contributed by atoms with Gasteiger partial charge in [-0.05, 0) is 37.8 Å². The van der Waals surface area contributed by atoms with Gasteiger partial charge >= 0.3 is 0 Å². The molecule has 0 bridgehead atoms. The lowest BCUT2D eigenvalue weighted by atomic mass is 9.85. The molecule has 1 saturated heterocycles. The molecule has 1 aliphatic heterocycles. The number of carbonyl (C=O) groups excluding carboxylic acids is 1. The Morgan fingerprint density at radius 1 is 1.30 bits per heavy atom. The number of carbonyl (C=O) groups is 1. The van der Waals surface area contributed by atoms with Crippen molar-refractivity contribution >= 4 is 11.7 Å². The van der Waals surface area contributed by atoms with Crippen LogP contribution in [-0.4, -0.2) is 54.1 Å². The zero-order valence-corrected chi connectivity index (χ0v) is 18.0. The van der Waals surface area contributed by atoms with Crippen molar-refractivity contribution in [2.24, 2.45) is 11.7 Å². The van der Waals surface area contributed by atoms with Gasteiger partial charge in [-0.3, -0.25) is 15.1 Å². The number of ether oxygens (including phenoxy) is 1. The fourth-order valence-corrected chi connectivity index (χ4v) is 4.85. The Kier molecular flexibility index (Phi) is 8.10. The standard InChI is InChI=1S/C23H36N4O3/c1-30-21-13-17(22(24)25)9-10-18(21)14-26-23(29)20-8-5-11-27(20)15-19(28)12-16-6-3-2-4-7-16/h9-10,13,16,19-20,28H,2-8,11-12,14-15H2,1H3,(H3,24,25)(H,26,29)/t19?,20-/m0/s1. The average Bonchev–Trinajstić information content (AvgIpc) is 3.20.